The number of rotatable bonds is 7. The molecule has 1 aromatic carbocycles. The first kappa shape index (κ1) is 18.3. The van der Waals surface area contributed by atoms with Gasteiger partial charge >= 0.3 is 0 Å². The Labute approximate surface area is 162 Å². The topological polar surface area (TPSA) is 41.1 Å². The summed E-state index contributed by atoms with van der Waals surface area (Å²) in [5, 5.41) is 6.98. The van der Waals surface area contributed by atoms with Gasteiger partial charge in [-0.3, -0.25) is 4.79 Å². The van der Waals surface area contributed by atoms with Gasteiger partial charge in [0.25, 0.3) is 5.91 Å². The van der Waals surface area contributed by atoms with Crippen molar-refractivity contribution < 1.29 is 4.79 Å². The predicted molar refractivity (Wildman–Crippen MR) is 107 cm³/mol. The molecule has 2 N–H and O–H groups in total. The third-order valence-electron chi connectivity index (χ3n) is 6.96. The molecule has 0 saturated heterocycles. The lowest BCUT2D eigenvalue weighted by atomic mass is 9.49. The Morgan fingerprint density at radius 2 is 1.81 bits per heavy atom. The number of carbonyl (C=O) groups excluding carboxylic acids is 1. The molecular weight excluding hydrogens is 344 g/mol. The molecule has 142 valence electrons. The molecule has 0 aromatic heterocycles. The summed E-state index contributed by atoms with van der Waals surface area (Å²) >= 11 is 6.33. The first-order valence-electron chi connectivity index (χ1n) is 10.3. The summed E-state index contributed by atoms with van der Waals surface area (Å²) in [6.07, 6.45) is 10.3. The van der Waals surface area contributed by atoms with E-state index in [1.54, 1.807) is 0 Å². The van der Waals surface area contributed by atoms with Crippen molar-refractivity contribution >= 4 is 17.5 Å². The minimum atomic E-state index is 0.00112. The van der Waals surface area contributed by atoms with Gasteiger partial charge < -0.3 is 10.6 Å². The number of aryl methyl sites for hydroxylation is 1. The van der Waals surface area contributed by atoms with E-state index in [0.717, 1.165) is 43.7 Å². The molecule has 4 saturated carbocycles. The number of halogens is 1. The van der Waals surface area contributed by atoms with Gasteiger partial charge in [-0.15, -0.1) is 0 Å². The lowest BCUT2D eigenvalue weighted by Gasteiger charge is -2.56. The zero-order valence-corrected chi connectivity index (χ0v) is 16.6. The van der Waals surface area contributed by atoms with Crippen molar-refractivity contribution in [2.75, 3.05) is 20.1 Å². The zero-order chi connectivity index (χ0) is 18.1. The molecule has 4 heteroatoms. The second-order valence-electron chi connectivity index (χ2n) is 9.12. The summed E-state index contributed by atoms with van der Waals surface area (Å²) in [7, 11) is 1.96. The number of carbonyl (C=O) groups is 1. The summed E-state index contributed by atoms with van der Waals surface area (Å²) in [6, 6.07) is 5.89. The Hall–Kier alpha value is -1.06. The van der Waals surface area contributed by atoms with Gasteiger partial charge in [-0.1, -0.05) is 17.7 Å². The summed E-state index contributed by atoms with van der Waals surface area (Å²) in [5.41, 5.74) is 2.18. The van der Waals surface area contributed by atoms with Crippen LogP contribution in [0.1, 0.15) is 60.9 Å². The maximum Gasteiger partial charge on any atom is 0.252 e. The van der Waals surface area contributed by atoms with Gasteiger partial charge in [0.2, 0.25) is 0 Å². The molecule has 4 aliphatic rings. The largest absolute Gasteiger partial charge is 0.351 e. The highest BCUT2D eigenvalue weighted by Gasteiger charge is 2.50. The summed E-state index contributed by atoms with van der Waals surface area (Å²) in [6.45, 7) is 1.81. The quantitative estimate of drug-likeness (QED) is 0.693. The van der Waals surface area contributed by atoms with Gasteiger partial charge in [0.05, 0.1) is 10.6 Å². The standard InChI is InChI=1S/C22H31ClN2O/c1-24-6-2-3-15-4-5-20(23)19(10-15)21(26)25-14-22-11-16-7-17(12-22)9-18(8-16)13-22/h4-5,10,16-18,24H,2-3,6-9,11-14H2,1H3,(H,25,26). The van der Waals surface area contributed by atoms with Crippen LogP contribution in [-0.4, -0.2) is 26.0 Å². The van der Waals surface area contributed by atoms with Crippen LogP contribution in [0.3, 0.4) is 0 Å². The van der Waals surface area contributed by atoms with E-state index < -0.39 is 0 Å². The normalized spacial score (nSPS) is 32.0. The first-order valence-corrected chi connectivity index (χ1v) is 10.7. The monoisotopic (exact) mass is 374 g/mol. The molecule has 0 unspecified atom stereocenters. The van der Waals surface area contributed by atoms with E-state index in [-0.39, 0.29) is 5.91 Å². The number of benzene rings is 1. The van der Waals surface area contributed by atoms with Crippen molar-refractivity contribution in [3.8, 4) is 0 Å². The molecule has 1 aromatic rings. The average Bonchev–Trinajstić information content (AvgIpc) is 2.60. The molecule has 26 heavy (non-hydrogen) atoms. The van der Waals surface area contributed by atoms with E-state index in [2.05, 4.69) is 10.6 Å². The third-order valence-corrected chi connectivity index (χ3v) is 7.29. The van der Waals surface area contributed by atoms with Crippen molar-refractivity contribution in [1.82, 2.24) is 10.6 Å². The molecule has 1 amide bonds. The van der Waals surface area contributed by atoms with Crippen LogP contribution in [0.2, 0.25) is 5.02 Å². The minimum absolute atomic E-state index is 0.00112. The van der Waals surface area contributed by atoms with Crippen LogP contribution in [0, 0.1) is 23.2 Å². The molecular formula is C22H31ClN2O. The lowest BCUT2D eigenvalue weighted by Crippen LogP contribution is -2.51. The van der Waals surface area contributed by atoms with Gasteiger partial charge in [0.1, 0.15) is 0 Å². The Balaban J connectivity index is 1.40. The maximum atomic E-state index is 12.8. The predicted octanol–water partition coefficient (Wildman–Crippen LogP) is 4.44. The Morgan fingerprint density at radius 3 is 2.42 bits per heavy atom. The van der Waals surface area contributed by atoms with Crippen LogP contribution in [0.5, 0.6) is 0 Å². The van der Waals surface area contributed by atoms with Crippen LogP contribution < -0.4 is 10.6 Å². The van der Waals surface area contributed by atoms with E-state index in [4.69, 9.17) is 11.6 Å². The van der Waals surface area contributed by atoms with Crippen LogP contribution in [-0.2, 0) is 6.42 Å². The molecule has 4 fully saturated rings. The van der Waals surface area contributed by atoms with Gasteiger partial charge in [0.15, 0.2) is 0 Å². The lowest BCUT2D eigenvalue weighted by molar-refractivity contribution is -0.0503. The van der Waals surface area contributed by atoms with E-state index in [1.165, 1.54) is 44.1 Å². The minimum Gasteiger partial charge on any atom is -0.351 e. The number of nitrogens with one attached hydrogen (secondary N) is 2. The first-order chi connectivity index (χ1) is 12.6. The number of hydrogen-bond donors (Lipinski definition) is 2. The fourth-order valence-electron chi connectivity index (χ4n) is 6.24. The molecule has 0 radical (unpaired) electrons. The van der Waals surface area contributed by atoms with Crippen molar-refractivity contribution in [2.24, 2.45) is 23.2 Å². The Bertz CT molecular complexity index is 637. The molecule has 0 heterocycles. The zero-order valence-electron chi connectivity index (χ0n) is 15.8. The molecule has 4 bridgehead atoms. The van der Waals surface area contributed by atoms with Crippen LogP contribution in [0.25, 0.3) is 0 Å². The molecule has 5 rings (SSSR count). The average molecular weight is 375 g/mol. The van der Waals surface area contributed by atoms with E-state index in [1.807, 2.05) is 25.2 Å². The Morgan fingerprint density at radius 1 is 1.15 bits per heavy atom. The second-order valence-corrected chi connectivity index (χ2v) is 9.53. The van der Waals surface area contributed by atoms with Crippen molar-refractivity contribution in [2.45, 2.75) is 51.4 Å². The van der Waals surface area contributed by atoms with Crippen molar-refractivity contribution in [3.63, 3.8) is 0 Å². The van der Waals surface area contributed by atoms with Crippen molar-refractivity contribution in [1.29, 1.82) is 0 Å². The van der Waals surface area contributed by atoms with Crippen LogP contribution in [0.4, 0.5) is 0 Å². The van der Waals surface area contributed by atoms with Crippen molar-refractivity contribution in [3.05, 3.63) is 34.3 Å². The third kappa shape index (κ3) is 3.80. The van der Waals surface area contributed by atoms with Gasteiger partial charge in [0, 0.05) is 6.54 Å². The van der Waals surface area contributed by atoms with E-state index in [9.17, 15) is 4.79 Å². The maximum absolute atomic E-state index is 12.8. The van der Waals surface area contributed by atoms with E-state index >= 15 is 0 Å². The fraction of sp³-hybridized carbons (Fsp3) is 0.682. The molecule has 4 aliphatic carbocycles. The molecule has 0 atom stereocenters. The summed E-state index contributed by atoms with van der Waals surface area (Å²) in [4.78, 5) is 12.8. The summed E-state index contributed by atoms with van der Waals surface area (Å²) < 4.78 is 0. The second kappa shape index (κ2) is 7.52. The summed E-state index contributed by atoms with van der Waals surface area (Å²) in [5.74, 6) is 2.74. The van der Waals surface area contributed by atoms with Gasteiger partial charge in [-0.05, 0) is 106 Å². The number of amides is 1. The molecule has 3 nitrogen and oxygen atoms in total. The highest BCUT2D eigenvalue weighted by Crippen LogP contribution is 2.59. The number of hydrogen-bond acceptors (Lipinski definition) is 2. The molecule has 0 spiro atoms. The van der Waals surface area contributed by atoms with Gasteiger partial charge in [-0.25, -0.2) is 0 Å². The van der Waals surface area contributed by atoms with E-state index in [0.29, 0.717) is 16.0 Å². The van der Waals surface area contributed by atoms with Crippen LogP contribution in [0.15, 0.2) is 18.2 Å². The highest BCUT2D eigenvalue weighted by molar-refractivity contribution is 6.33. The SMILES string of the molecule is CNCCCc1ccc(Cl)c(C(=O)NCC23CC4CC(CC(C4)C2)C3)c1. The Kier molecular flexibility index (Phi) is 5.29. The fourth-order valence-corrected chi connectivity index (χ4v) is 6.44. The smallest absolute Gasteiger partial charge is 0.252 e. The molecule has 0 aliphatic heterocycles. The van der Waals surface area contributed by atoms with Crippen LogP contribution >= 0.6 is 11.6 Å². The van der Waals surface area contributed by atoms with Gasteiger partial charge in [-0.2, -0.15) is 0 Å². The highest BCUT2D eigenvalue weighted by atomic mass is 35.5.